The minimum atomic E-state index is -0.0914. The predicted octanol–water partition coefficient (Wildman–Crippen LogP) is 1.64. The van der Waals surface area contributed by atoms with E-state index in [9.17, 15) is 9.90 Å². The zero-order chi connectivity index (χ0) is 16.4. The van der Waals surface area contributed by atoms with Crippen LogP contribution in [0.5, 0.6) is 5.75 Å². The molecule has 1 aliphatic rings. The highest BCUT2D eigenvalue weighted by Crippen LogP contribution is 2.24. The smallest absolute Gasteiger partial charge is 0.274 e. The van der Waals surface area contributed by atoms with Crippen LogP contribution >= 0.6 is 0 Å². The number of nitrogens with zero attached hydrogens (tertiary/aromatic N) is 3. The summed E-state index contributed by atoms with van der Waals surface area (Å²) in [5.74, 6) is 0.795. The van der Waals surface area contributed by atoms with Crippen LogP contribution in [0.4, 0.5) is 0 Å². The van der Waals surface area contributed by atoms with Gasteiger partial charge >= 0.3 is 0 Å². The summed E-state index contributed by atoms with van der Waals surface area (Å²) in [5.41, 5.74) is 2.31. The van der Waals surface area contributed by atoms with Gasteiger partial charge in [-0.2, -0.15) is 5.10 Å². The molecule has 6 heteroatoms. The number of aliphatic hydroxyl groups excluding tert-OH is 1. The van der Waals surface area contributed by atoms with E-state index >= 15 is 0 Å². The van der Waals surface area contributed by atoms with E-state index in [4.69, 9.17) is 4.74 Å². The Morgan fingerprint density at radius 2 is 2.26 bits per heavy atom. The first kappa shape index (κ1) is 15.6. The summed E-state index contributed by atoms with van der Waals surface area (Å²) in [4.78, 5) is 14.3. The molecule has 122 valence electrons. The number of rotatable bonds is 4. The third-order valence-corrected chi connectivity index (χ3v) is 4.22. The van der Waals surface area contributed by atoms with E-state index in [0.29, 0.717) is 24.5 Å². The second-order valence-electron chi connectivity index (χ2n) is 5.91. The number of amides is 1. The van der Waals surface area contributed by atoms with Gasteiger partial charge in [-0.05, 0) is 37.1 Å². The van der Waals surface area contributed by atoms with Crippen molar-refractivity contribution in [2.75, 3.05) is 26.8 Å². The number of methoxy groups -OCH3 is 1. The topological polar surface area (TPSA) is 67.6 Å². The second-order valence-corrected chi connectivity index (χ2v) is 5.91. The zero-order valence-corrected chi connectivity index (χ0v) is 13.4. The molecular weight excluding hydrogens is 294 g/mol. The molecule has 1 atom stereocenters. The summed E-state index contributed by atoms with van der Waals surface area (Å²) in [6, 6.07) is 7.55. The molecule has 0 radical (unpaired) electrons. The summed E-state index contributed by atoms with van der Waals surface area (Å²) in [6.45, 7) is 3.39. The molecule has 3 rings (SSSR count). The fourth-order valence-corrected chi connectivity index (χ4v) is 2.88. The number of aromatic nitrogens is 2. The number of hydrogen-bond acceptors (Lipinski definition) is 4. The Bertz CT molecular complexity index is 711. The highest BCUT2D eigenvalue weighted by atomic mass is 16.5. The van der Waals surface area contributed by atoms with E-state index in [1.54, 1.807) is 29.0 Å². The second kappa shape index (κ2) is 6.42. The molecule has 0 spiro atoms. The number of carbonyl (C=O) groups excluding carboxylic acids is 1. The van der Waals surface area contributed by atoms with Crippen molar-refractivity contribution in [2.24, 2.45) is 5.92 Å². The summed E-state index contributed by atoms with van der Waals surface area (Å²) in [5, 5.41) is 13.6. The average Bonchev–Trinajstić information content (AvgIpc) is 3.23. The number of likely N-dealkylation sites (tertiary alicyclic amines) is 1. The van der Waals surface area contributed by atoms with E-state index < -0.39 is 0 Å². The molecule has 0 saturated carbocycles. The molecule has 2 aromatic rings. The number of carbonyl (C=O) groups is 1. The molecule has 23 heavy (non-hydrogen) atoms. The molecular formula is C17H21N3O3. The minimum absolute atomic E-state index is 0.0914. The molecule has 2 heterocycles. The van der Waals surface area contributed by atoms with Gasteiger partial charge in [0.1, 0.15) is 11.4 Å². The Hall–Kier alpha value is -2.34. The molecule has 1 fully saturated rings. The van der Waals surface area contributed by atoms with E-state index in [0.717, 1.165) is 17.7 Å². The maximum atomic E-state index is 12.5. The number of aliphatic hydroxyl groups is 1. The van der Waals surface area contributed by atoms with Crippen molar-refractivity contribution >= 4 is 5.91 Å². The SMILES string of the molecule is COc1ccc(C)cc1-n1ccc(C(=O)N2CCC(CO)C2)n1. The summed E-state index contributed by atoms with van der Waals surface area (Å²) < 4.78 is 7.03. The third kappa shape index (κ3) is 3.07. The van der Waals surface area contributed by atoms with Crippen molar-refractivity contribution in [1.82, 2.24) is 14.7 Å². The molecule has 1 N–H and O–H groups in total. The van der Waals surface area contributed by atoms with E-state index in [-0.39, 0.29) is 18.4 Å². The molecule has 0 bridgehead atoms. The van der Waals surface area contributed by atoms with Crippen LogP contribution in [0, 0.1) is 12.8 Å². The molecule has 1 aromatic heterocycles. The summed E-state index contributed by atoms with van der Waals surface area (Å²) in [6.07, 6.45) is 2.61. The highest BCUT2D eigenvalue weighted by Gasteiger charge is 2.27. The fraction of sp³-hybridized carbons (Fsp3) is 0.412. The Morgan fingerprint density at radius 3 is 2.96 bits per heavy atom. The largest absolute Gasteiger partial charge is 0.494 e. The van der Waals surface area contributed by atoms with Crippen LogP contribution in [-0.2, 0) is 0 Å². The zero-order valence-electron chi connectivity index (χ0n) is 13.4. The van der Waals surface area contributed by atoms with Crippen molar-refractivity contribution < 1.29 is 14.6 Å². The lowest BCUT2D eigenvalue weighted by atomic mass is 10.1. The molecule has 1 aliphatic heterocycles. The first-order valence-electron chi connectivity index (χ1n) is 7.73. The quantitative estimate of drug-likeness (QED) is 0.931. The van der Waals surface area contributed by atoms with E-state index in [2.05, 4.69) is 5.10 Å². The van der Waals surface area contributed by atoms with Gasteiger partial charge in [0.25, 0.3) is 5.91 Å². The van der Waals surface area contributed by atoms with Gasteiger partial charge in [-0.15, -0.1) is 0 Å². The highest BCUT2D eigenvalue weighted by molar-refractivity contribution is 5.92. The maximum absolute atomic E-state index is 12.5. The first-order chi connectivity index (χ1) is 11.1. The van der Waals surface area contributed by atoms with Crippen LogP contribution in [0.25, 0.3) is 5.69 Å². The Balaban J connectivity index is 1.84. The number of aryl methyl sites for hydroxylation is 1. The van der Waals surface area contributed by atoms with Gasteiger partial charge in [0, 0.05) is 31.8 Å². The van der Waals surface area contributed by atoms with Crippen LogP contribution in [0.3, 0.4) is 0 Å². The average molecular weight is 315 g/mol. The van der Waals surface area contributed by atoms with Crippen LogP contribution in [0.2, 0.25) is 0 Å². The van der Waals surface area contributed by atoms with Crippen LogP contribution in [0.15, 0.2) is 30.5 Å². The van der Waals surface area contributed by atoms with Crippen LogP contribution in [-0.4, -0.2) is 52.5 Å². The van der Waals surface area contributed by atoms with Gasteiger partial charge in [0.05, 0.1) is 7.11 Å². The van der Waals surface area contributed by atoms with Crippen molar-refractivity contribution in [3.8, 4) is 11.4 Å². The van der Waals surface area contributed by atoms with Crippen molar-refractivity contribution in [1.29, 1.82) is 0 Å². The van der Waals surface area contributed by atoms with Gasteiger partial charge in [0.15, 0.2) is 5.69 Å². The molecule has 1 amide bonds. The van der Waals surface area contributed by atoms with Crippen LogP contribution < -0.4 is 4.74 Å². The number of ether oxygens (including phenoxy) is 1. The van der Waals surface area contributed by atoms with Crippen molar-refractivity contribution in [3.63, 3.8) is 0 Å². The lowest BCUT2D eigenvalue weighted by Gasteiger charge is -2.14. The Morgan fingerprint density at radius 1 is 1.43 bits per heavy atom. The van der Waals surface area contributed by atoms with E-state index in [1.165, 1.54) is 0 Å². The van der Waals surface area contributed by atoms with Gasteiger partial charge < -0.3 is 14.7 Å². The standard InChI is InChI=1S/C17H21N3O3/c1-12-3-4-16(23-2)15(9-12)20-8-6-14(18-20)17(22)19-7-5-13(10-19)11-21/h3-4,6,8-9,13,21H,5,7,10-11H2,1-2H3. The predicted molar refractivity (Wildman–Crippen MR) is 85.9 cm³/mol. The van der Waals surface area contributed by atoms with Gasteiger partial charge in [-0.1, -0.05) is 6.07 Å². The van der Waals surface area contributed by atoms with Gasteiger partial charge in [-0.25, -0.2) is 4.68 Å². The normalized spacial score (nSPS) is 17.5. The Kier molecular flexibility index (Phi) is 4.34. The first-order valence-corrected chi connectivity index (χ1v) is 7.73. The van der Waals surface area contributed by atoms with Crippen molar-refractivity contribution in [2.45, 2.75) is 13.3 Å². The third-order valence-electron chi connectivity index (χ3n) is 4.22. The molecule has 1 unspecified atom stereocenters. The molecule has 0 aliphatic carbocycles. The molecule has 1 aromatic carbocycles. The fourth-order valence-electron chi connectivity index (χ4n) is 2.88. The minimum Gasteiger partial charge on any atom is -0.494 e. The summed E-state index contributed by atoms with van der Waals surface area (Å²) in [7, 11) is 1.61. The Labute approximate surface area is 135 Å². The van der Waals surface area contributed by atoms with E-state index in [1.807, 2.05) is 25.1 Å². The molecule has 1 saturated heterocycles. The number of hydrogen-bond donors (Lipinski definition) is 1. The monoisotopic (exact) mass is 315 g/mol. The lowest BCUT2D eigenvalue weighted by molar-refractivity contribution is 0.0775. The number of benzene rings is 1. The van der Waals surface area contributed by atoms with Gasteiger partial charge in [-0.3, -0.25) is 4.79 Å². The lowest BCUT2D eigenvalue weighted by Crippen LogP contribution is -2.29. The van der Waals surface area contributed by atoms with Crippen LogP contribution in [0.1, 0.15) is 22.5 Å². The maximum Gasteiger partial charge on any atom is 0.274 e. The van der Waals surface area contributed by atoms with Gasteiger partial charge in [0.2, 0.25) is 0 Å². The summed E-state index contributed by atoms with van der Waals surface area (Å²) >= 11 is 0. The van der Waals surface area contributed by atoms with Crippen molar-refractivity contribution in [3.05, 3.63) is 41.7 Å². The molecule has 6 nitrogen and oxygen atoms in total.